The van der Waals surface area contributed by atoms with Gasteiger partial charge in [0, 0.05) is 4.83 Å². The maximum Gasteiger partial charge on any atom is 0.0780 e. The maximum atomic E-state index is 3.55. The zero-order chi connectivity index (χ0) is 8.91. The van der Waals surface area contributed by atoms with Gasteiger partial charge in [0.1, 0.15) is 0 Å². The number of rotatable bonds is 5. The summed E-state index contributed by atoms with van der Waals surface area (Å²) in [7, 11) is 6.74. The van der Waals surface area contributed by atoms with Crippen LogP contribution in [0.5, 0.6) is 0 Å². The summed E-state index contributed by atoms with van der Waals surface area (Å²) in [4.78, 5) is 0.690. The fourth-order valence-corrected chi connectivity index (χ4v) is 1.34. The van der Waals surface area contributed by atoms with Crippen molar-refractivity contribution in [1.82, 2.24) is 0 Å². The van der Waals surface area contributed by atoms with Crippen LogP contribution in [0.25, 0.3) is 0 Å². The molecule has 0 aliphatic carbocycles. The molecule has 0 radical (unpaired) electrons. The molecular formula is C9H21BrN+. The minimum atomic E-state index is 0.690. The van der Waals surface area contributed by atoms with E-state index < -0.39 is 0 Å². The second-order valence-electron chi connectivity index (χ2n) is 4.29. The Hall–Kier alpha value is 0.440. The fraction of sp³-hybridized carbons (Fsp3) is 1.00. The molecule has 0 amide bonds. The first-order chi connectivity index (χ1) is 4.92. The first-order valence-corrected chi connectivity index (χ1v) is 5.28. The lowest BCUT2D eigenvalue weighted by Crippen LogP contribution is -2.35. The Labute approximate surface area is 79.5 Å². The Morgan fingerprint density at radius 2 is 1.73 bits per heavy atom. The van der Waals surface area contributed by atoms with Crippen LogP contribution in [0, 0.1) is 0 Å². The largest absolute Gasteiger partial charge is 0.331 e. The van der Waals surface area contributed by atoms with Crippen molar-refractivity contribution in [3.05, 3.63) is 0 Å². The van der Waals surface area contributed by atoms with Gasteiger partial charge in [0.15, 0.2) is 0 Å². The SMILES string of the molecule is CC(Br)CCCC[N+](C)(C)C. The number of alkyl halides is 1. The van der Waals surface area contributed by atoms with Crippen LogP contribution >= 0.6 is 15.9 Å². The normalized spacial score (nSPS) is 15.0. The zero-order valence-electron chi connectivity index (χ0n) is 8.23. The number of hydrogen-bond acceptors (Lipinski definition) is 0. The van der Waals surface area contributed by atoms with E-state index in [2.05, 4.69) is 44.0 Å². The van der Waals surface area contributed by atoms with Gasteiger partial charge in [-0.25, -0.2) is 0 Å². The van der Waals surface area contributed by atoms with Crippen molar-refractivity contribution in [2.45, 2.75) is 31.0 Å². The minimum absolute atomic E-state index is 0.690. The van der Waals surface area contributed by atoms with Crippen molar-refractivity contribution in [1.29, 1.82) is 0 Å². The van der Waals surface area contributed by atoms with E-state index >= 15 is 0 Å². The average Bonchev–Trinajstić information content (AvgIpc) is 1.78. The molecule has 0 aliphatic rings. The number of quaternary nitrogens is 1. The van der Waals surface area contributed by atoms with Crippen LogP contribution < -0.4 is 0 Å². The summed E-state index contributed by atoms with van der Waals surface area (Å²) in [6, 6.07) is 0. The topological polar surface area (TPSA) is 0 Å². The van der Waals surface area contributed by atoms with Gasteiger partial charge >= 0.3 is 0 Å². The van der Waals surface area contributed by atoms with Crippen LogP contribution in [-0.4, -0.2) is 37.0 Å². The molecule has 0 rings (SSSR count). The van der Waals surface area contributed by atoms with Gasteiger partial charge in [0.25, 0.3) is 0 Å². The summed E-state index contributed by atoms with van der Waals surface area (Å²) in [5.74, 6) is 0. The molecule has 0 spiro atoms. The van der Waals surface area contributed by atoms with Crippen LogP contribution in [-0.2, 0) is 0 Å². The molecule has 0 aromatic carbocycles. The first-order valence-electron chi connectivity index (χ1n) is 4.36. The molecule has 0 fully saturated rings. The summed E-state index contributed by atoms with van der Waals surface area (Å²) >= 11 is 3.55. The zero-order valence-corrected chi connectivity index (χ0v) is 9.82. The first kappa shape index (κ1) is 11.4. The van der Waals surface area contributed by atoms with Crippen LogP contribution in [0.3, 0.4) is 0 Å². The molecular weight excluding hydrogens is 202 g/mol. The molecule has 0 saturated carbocycles. The molecule has 0 aliphatic heterocycles. The van der Waals surface area contributed by atoms with Gasteiger partial charge in [0.05, 0.1) is 27.7 Å². The van der Waals surface area contributed by atoms with E-state index in [4.69, 9.17) is 0 Å². The molecule has 11 heavy (non-hydrogen) atoms. The van der Waals surface area contributed by atoms with Gasteiger partial charge in [-0.1, -0.05) is 22.9 Å². The van der Waals surface area contributed by atoms with Crippen LogP contribution in [0.15, 0.2) is 0 Å². The molecule has 68 valence electrons. The highest BCUT2D eigenvalue weighted by atomic mass is 79.9. The lowest BCUT2D eigenvalue weighted by molar-refractivity contribution is -0.870. The Bertz CT molecular complexity index is 94.2. The average molecular weight is 223 g/mol. The van der Waals surface area contributed by atoms with Gasteiger partial charge in [-0.3, -0.25) is 0 Å². The monoisotopic (exact) mass is 222 g/mol. The number of nitrogens with zero attached hydrogens (tertiary/aromatic N) is 1. The fourth-order valence-electron chi connectivity index (χ4n) is 1.01. The molecule has 0 heterocycles. The third kappa shape index (κ3) is 10.4. The van der Waals surface area contributed by atoms with E-state index in [-0.39, 0.29) is 0 Å². The lowest BCUT2D eigenvalue weighted by Gasteiger charge is -2.23. The molecule has 0 N–H and O–H groups in total. The van der Waals surface area contributed by atoms with Gasteiger partial charge < -0.3 is 4.48 Å². The third-order valence-electron chi connectivity index (χ3n) is 1.68. The van der Waals surface area contributed by atoms with Crippen molar-refractivity contribution < 1.29 is 4.48 Å². The molecule has 1 unspecified atom stereocenters. The Morgan fingerprint density at radius 3 is 2.09 bits per heavy atom. The number of unbranched alkanes of at least 4 members (excludes halogenated alkanes) is 1. The van der Waals surface area contributed by atoms with Crippen molar-refractivity contribution in [2.24, 2.45) is 0 Å². The number of halogens is 1. The molecule has 0 aromatic rings. The molecule has 0 saturated heterocycles. The summed E-state index contributed by atoms with van der Waals surface area (Å²) in [6.07, 6.45) is 4.00. The molecule has 0 bridgehead atoms. The summed E-state index contributed by atoms with van der Waals surface area (Å²) < 4.78 is 1.09. The predicted octanol–water partition coefficient (Wildman–Crippen LogP) is 2.65. The predicted molar refractivity (Wildman–Crippen MR) is 55.1 cm³/mol. The molecule has 0 aromatic heterocycles. The van der Waals surface area contributed by atoms with Gasteiger partial charge in [0.2, 0.25) is 0 Å². The lowest BCUT2D eigenvalue weighted by atomic mass is 10.2. The van der Waals surface area contributed by atoms with Gasteiger partial charge in [-0.2, -0.15) is 0 Å². The van der Waals surface area contributed by atoms with Crippen LogP contribution in [0.2, 0.25) is 0 Å². The van der Waals surface area contributed by atoms with Crippen LogP contribution in [0.4, 0.5) is 0 Å². The van der Waals surface area contributed by atoms with Crippen molar-refractivity contribution in [3.63, 3.8) is 0 Å². The highest BCUT2D eigenvalue weighted by Gasteiger charge is 2.05. The van der Waals surface area contributed by atoms with E-state index in [0.717, 1.165) is 4.48 Å². The van der Waals surface area contributed by atoms with Crippen molar-refractivity contribution >= 4 is 15.9 Å². The van der Waals surface area contributed by atoms with Crippen molar-refractivity contribution in [2.75, 3.05) is 27.7 Å². The summed E-state index contributed by atoms with van der Waals surface area (Å²) in [5.41, 5.74) is 0. The highest BCUT2D eigenvalue weighted by Crippen LogP contribution is 2.09. The van der Waals surface area contributed by atoms with Crippen molar-refractivity contribution in [3.8, 4) is 0 Å². The van der Waals surface area contributed by atoms with E-state index in [0.29, 0.717) is 4.83 Å². The van der Waals surface area contributed by atoms with E-state index in [1.165, 1.54) is 25.8 Å². The third-order valence-corrected chi connectivity index (χ3v) is 2.14. The van der Waals surface area contributed by atoms with Gasteiger partial charge in [-0.15, -0.1) is 0 Å². The standard InChI is InChI=1S/C9H21BrN/c1-9(10)7-5-6-8-11(2,3)4/h9H,5-8H2,1-4H3/q+1. The van der Waals surface area contributed by atoms with Crippen LogP contribution in [0.1, 0.15) is 26.2 Å². The van der Waals surface area contributed by atoms with E-state index in [1.54, 1.807) is 0 Å². The Balaban J connectivity index is 3.15. The second-order valence-corrected chi connectivity index (χ2v) is 5.85. The highest BCUT2D eigenvalue weighted by molar-refractivity contribution is 9.09. The Kier molecular flexibility index (Phi) is 5.36. The smallest absolute Gasteiger partial charge is 0.0780 e. The molecule has 1 nitrogen and oxygen atoms in total. The number of hydrogen-bond donors (Lipinski definition) is 0. The Morgan fingerprint density at radius 1 is 1.18 bits per heavy atom. The maximum absolute atomic E-state index is 3.55. The quantitative estimate of drug-likeness (QED) is 0.382. The molecule has 1 atom stereocenters. The van der Waals surface area contributed by atoms with E-state index in [9.17, 15) is 0 Å². The second kappa shape index (κ2) is 5.15. The summed E-state index contributed by atoms with van der Waals surface area (Å²) in [6.45, 7) is 3.51. The van der Waals surface area contributed by atoms with E-state index in [1.807, 2.05) is 0 Å². The van der Waals surface area contributed by atoms with Gasteiger partial charge in [-0.05, 0) is 19.3 Å². The molecule has 2 heteroatoms. The summed E-state index contributed by atoms with van der Waals surface area (Å²) in [5, 5.41) is 0. The minimum Gasteiger partial charge on any atom is -0.331 e.